The summed E-state index contributed by atoms with van der Waals surface area (Å²) in [4.78, 5) is 16.5. The molecular weight excluding hydrogens is 735 g/mol. The second-order valence-electron chi connectivity index (χ2n) is 14.6. The molecular formula is C51H31N3OS2. The second kappa shape index (κ2) is 13.0. The Kier molecular flexibility index (Phi) is 7.43. The molecule has 1 aliphatic carbocycles. The van der Waals surface area contributed by atoms with E-state index in [2.05, 4.69) is 140 Å². The van der Waals surface area contributed by atoms with E-state index in [1.165, 1.54) is 47.3 Å². The van der Waals surface area contributed by atoms with E-state index >= 15 is 0 Å². The van der Waals surface area contributed by atoms with Crippen molar-refractivity contribution in [1.82, 2.24) is 15.0 Å². The van der Waals surface area contributed by atoms with Gasteiger partial charge < -0.3 is 4.42 Å². The predicted octanol–water partition coefficient (Wildman–Crippen LogP) is 14.0. The Morgan fingerprint density at radius 3 is 2.00 bits per heavy atom. The molecule has 6 heteroatoms. The largest absolute Gasteiger partial charge is 0.456 e. The predicted molar refractivity (Wildman–Crippen MR) is 238 cm³/mol. The lowest BCUT2D eigenvalue weighted by atomic mass is 9.86. The Hall–Kier alpha value is -6.60. The van der Waals surface area contributed by atoms with E-state index in [4.69, 9.17) is 19.4 Å². The highest BCUT2D eigenvalue weighted by atomic mass is 32.2. The van der Waals surface area contributed by atoms with Crippen molar-refractivity contribution in [3.63, 3.8) is 0 Å². The van der Waals surface area contributed by atoms with E-state index < -0.39 is 0 Å². The van der Waals surface area contributed by atoms with Crippen LogP contribution in [0.3, 0.4) is 0 Å². The van der Waals surface area contributed by atoms with Crippen molar-refractivity contribution < 1.29 is 4.42 Å². The van der Waals surface area contributed by atoms with Crippen LogP contribution in [0.25, 0.3) is 92.7 Å². The zero-order chi connectivity index (χ0) is 37.5. The molecule has 2 atom stereocenters. The average Bonchev–Trinajstić information content (AvgIpc) is 3.97. The van der Waals surface area contributed by atoms with E-state index in [0.717, 1.165) is 50.0 Å². The van der Waals surface area contributed by atoms with Crippen molar-refractivity contribution in [1.29, 1.82) is 0 Å². The van der Waals surface area contributed by atoms with Gasteiger partial charge in [-0.25, -0.2) is 15.0 Å². The molecule has 2 unspecified atom stereocenters. The van der Waals surface area contributed by atoms with Gasteiger partial charge in [0, 0.05) is 63.7 Å². The van der Waals surface area contributed by atoms with E-state index in [-0.39, 0.29) is 11.2 Å². The lowest BCUT2D eigenvalue weighted by Crippen LogP contribution is -2.16. The van der Waals surface area contributed by atoms with Crippen molar-refractivity contribution >= 4 is 70.8 Å². The summed E-state index contributed by atoms with van der Waals surface area (Å²) in [5.74, 6) is 2.24. The molecule has 0 fully saturated rings. The third-order valence-corrected chi connectivity index (χ3v) is 13.9. The van der Waals surface area contributed by atoms with Crippen molar-refractivity contribution in [2.75, 3.05) is 0 Å². The zero-order valence-corrected chi connectivity index (χ0v) is 32.1. The maximum Gasteiger partial charge on any atom is 0.164 e. The van der Waals surface area contributed by atoms with Crippen molar-refractivity contribution in [3.05, 3.63) is 187 Å². The number of hydrogen-bond acceptors (Lipinski definition) is 6. The number of benzene rings is 7. The average molecular weight is 766 g/mol. The molecule has 0 amide bonds. The van der Waals surface area contributed by atoms with Crippen LogP contribution in [0.4, 0.5) is 0 Å². The molecule has 0 saturated carbocycles. The van der Waals surface area contributed by atoms with Crippen LogP contribution >= 0.6 is 23.1 Å². The topological polar surface area (TPSA) is 51.8 Å². The first-order valence-electron chi connectivity index (χ1n) is 19.2. The van der Waals surface area contributed by atoms with Crippen molar-refractivity contribution in [3.8, 4) is 45.0 Å². The van der Waals surface area contributed by atoms with Crippen LogP contribution in [0.15, 0.2) is 185 Å². The van der Waals surface area contributed by atoms with Gasteiger partial charge in [-0.1, -0.05) is 133 Å². The highest BCUT2D eigenvalue weighted by Crippen LogP contribution is 2.54. The van der Waals surface area contributed by atoms with Gasteiger partial charge in [0.2, 0.25) is 0 Å². The van der Waals surface area contributed by atoms with Gasteiger partial charge in [-0.2, -0.15) is 0 Å². The number of para-hydroxylation sites is 1. The quantitative estimate of drug-likeness (QED) is 0.175. The summed E-state index contributed by atoms with van der Waals surface area (Å²) in [6, 6.07) is 55.9. The summed E-state index contributed by atoms with van der Waals surface area (Å²) in [7, 11) is 0. The number of thioether (sulfide) groups is 1. The first-order chi connectivity index (χ1) is 28.2. The Bertz CT molecular complexity index is 3230. The number of rotatable bonds is 5. The number of hydrogen-bond donors (Lipinski definition) is 0. The van der Waals surface area contributed by atoms with E-state index in [9.17, 15) is 0 Å². The summed E-state index contributed by atoms with van der Waals surface area (Å²) < 4.78 is 9.23. The number of furan rings is 1. The summed E-state index contributed by atoms with van der Waals surface area (Å²) in [5.41, 5.74) is 10.9. The molecule has 1 aliphatic heterocycles. The van der Waals surface area contributed by atoms with Gasteiger partial charge in [0.1, 0.15) is 11.2 Å². The highest BCUT2D eigenvalue weighted by molar-refractivity contribution is 8.00. The number of aromatic nitrogens is 3. The molecule has 10 aromatic rings. The smallest absolute Gasteiger partial charge is 0.164 e. The van der Waals surface area contributed by atoms with Crippen LogP contribution in [0.2, 0.25) is 0 Å². The maximum atomic E-state index is 6.64. The number of fused-ring (bicyclic) bond motifs is 9. The molecule has 0 bridgehead atoms. The maximum absolute atomic E-state index is 6.64. The van der Waals surface area contributed by atoms with E-state index in [1.807, 2.05) is 59.5 Å². The second-order valence-corrected chi connectivity index (χ2v) is 16.9. The summed E-state index contributed by atoms with van der Waals surface area (Å²) >= 11 is 3.76. The Morgan fingerprint density at radius 2 is 1.19 bits per heavy atom. The summed E-state index contributed by atoms with van der Waals surface area (Å²) in [5, 5.41) is 5.01. The van der Waals surface area contributed by atoms with E-state index in [0.29, 0.717) is 11.6 Å². The van der Waals surface area contributed by atoms with Crippen LogP contribution in [0.5, 0.6) is 0 Å². The van der Waals surface area contributed by atoms with Crippen molar-refractivity contribution in [2.24, 2.45) is 0 Å². The Morgan fingerprint density at radius 1 is 0.491 bits per heavy atom. The lowest BCUT2D eigenvalue weighted by molar-refractivity contribution is 0.669. The molecule has 4 nitrogen and oxygen atoms in total. The Balaban J connectivity index is 0.980. The summed E-state index contributed by atoms with van der Waals surface area (Å²) in [6.45, 7) is 0. The molecule has 0 radical (unpaired) electrons. The number of allylic oxidation sites excluding steroid dienone is 3. The van der Waals surface area contributed by atoms with Gasteiger partial charge in [-0.15, -0.1) is 23.1 Å². The molecule has 0 N–H and O–H groups in total. The van der Waals surface area contributed by atoms with Crippen LogP contribution in [-0.4, -0.2) is 20.2 Å². The minimum atomic E-state index is 0.132. The van der Waals surface area contributed by atoms with Crippen LogP contribution in [-0.2, 0) is 0 Å². The number of nitrogens with zero attached hydrogens (tertiary/aromatic N) is 3. The van der Waals surface area contributed by atoms with E-state index in [1.54, 1.807) is 0 Å². The first-order valence-corrected chi connectivity index (χ1v) is 20.9. The lowest BCUT2D eigenvalue weighted by Gasteiger charge is -2.22. The van der Waals surface area contributed by atoms with Crippen molar-refractivity contribution in [2.45, 2.75) is 16.1 Å². The minimum Gasteiger partial charge on any atom is -0.456 e. The molecule has 57 heavy (non-hydrogen) atoms. The van der Waals surface area contributed by atoms with Crippen LogP contribution in [0, 0.1) is 0 Å². The standard InChI is InChI=1S/C51H31N3OS2/c1-3-13-30(14-4-1)49-52-50(31-15-5-2-6-16-31)54-51(53-49)38-21-11-20-35-39-27-32(25-26-44(39)57-48(35)38)33-28-40(46-36-17-7-9-22-41(36)55-42(46)29-33)34-19-12-24-45-47(34)37-18-8-10-23-43(37)56-45/h1-29,35,48H. The SMILES string of the molecule is C1=CC2c3cc(-c4cc(-c5cccc6sc7ccccc7c56)c5c(c4)oc4ccccc45)ccc3SC2C(c2nc(-c3ccccc3)nc(-c3ccccc3)n2)=C1. The van der Waals surface area contributed by atoms with Gasteiger partial charge in [0.15, 0.2) is 17.5 Å². The van der Waals surface area contributed by atoms with Crippen LogP contribution < -0.4 is 0 Å². The Labute approximate surface area is 336 Å². The van der Waals surface area contributed by atoms with Gasteiger partial charge in [0.25, 0.3) is 0 Å². The molecule has 2 aliphatic rings. The number of thiophene rings is 1. The van der Waals surface area contributed by atoms with Crippen LogP contribution in [0.1, 0.15) is 17.3 Å². The molecule has 268 valence electrons. The fraction of sp³-hybridized carbons (Fsp3) is 0.0392. The monoisotopic (exact) mass is 765 g/mol. The molecule has 3 aromatic heterocycles. The molecule has 0 saturated heterocycles. The van der Waals surface area contributed by atoms with Gasteiger partial charge in [0.05, 0.1) is 0 Å². The fourth-order valence-electron chi connectivity index (χ4n) is 8.68. The third-order valence-electron chi connectivity index (χ3n) is 11.3. The fourth-order valence-corrected chi connectivity index (χ4v) is 11.3. The van der Waals surface area contributed by atoms with Gasteiger partial charge >= 0.3 is 0 Å². The first kappa shape index (κ1) is 32.6. The molecule has 12 rings (SSSR count). The zero-order valence-electron chi connectivity index (χ0n) is 30.5. The van der Waals surface area contributed by atoms with Gasteiger partial charge in [-0.3, -0.25) is 0 Å². The minimum absolute atomic E-state index is 0.132. The normalized spacial score (nSPS) is 16.0. The summed E-state index contributed by atoms with van der Waals surface area (Å²) in [6.07, 6.45) is 6.71. The molecule has 7 aromatic carbocycles. The highest BCUT2D eigenvalue weighted by Gasteiger charge is 2.37. The van der Waals surface area contributed by atoms with Gasteiger partial charge in [-0.05, 0) is 70.3 Å². The molecule has 4 heterocycles. The molecule has 0 spiro atoms. The third kappa shape index (κ3) is 5.32.